The molecule has 27 heavy (non-hydrogen) atoms. The number of carboxylic acids is 1. The van der Waals surface area contributed by atoms with Gasteiger partial charge in [0.2, 0.25) is 0 Å². The fraction of sp³-hybridized carbons (Fsp3) is 0.150. The van der Waals surface area contributed by atoms with Crippen molar-refractivity contribution in [1.82, 2.24) is 9.88 Å². The number of nitrogens with one attached hydrogen (secondary N) is 1. The Morgan fingerprint density at radius 2 is 1.93 bits per heavy atom. The van der Waals surface area contributed by atoms with E-state index in [2.05, 4.69) is 10.3 Å². The maximum atomic E-state index is 12.8. The molecule has 0 unspecified atom stereocenters. The summed E-state index contributed by atoms with van der Waals surface area (Å²) in [5, 5.41) is 14.6. The summed E-state index contributed by atoms with van der Waals surface area (Å²) in [6.45, 7) is 1.82. The second-order valence-corrected chi connectivity index (χ2v) is 6.93. The third-order valence-electron chi connectivity index (χ3n) is 3.82. The van der Waals surface area contributed by atoms with E-state index in [0.29, 0.717) is 5.13 Å². The smallest absolute Gasteiger partial charge is 0.323 e. The monoisotopic (exact) mass is 381 g/mol. The van der Waals surface area contributed by atoms with Gasteiger partial charge in [-0.1, -0.05) is 42.5 Å². The molecule has 1 aromatic heterocycles. The molecule has 0 aliphatic rings. The van der Waals surface area contributed by atoms with E-state index in [1.54, 1.807) is 5.38 Å². The Morgan fingerprint density at radius 1 is 1.15 bits per heavy atom. The lowest BCUT2D eigenvalue weighted by atomic mass is 10.2. The first-order valence-corrected chi connectivity index (χ1v) is 9.23. The molecule has 0 radical (unpaired) electrons. The largest absolute Gasteiger partial charge is 0.480 e. The van der Waals surface area contributed by atoms with E-state index in [1.807, 2.05) is 61.5 Å². The first-order valence-electron chi connectivity index (χ1n) is 8.35. The summed E-state index contributed by atoms with van der Waals surface area (Å²) in [6, 6.07) is 17.1. The van der Waals surface area contributed by atoms with Crippen LogP contribution in [0.2, 0.25) is 0 Å². The number of aromatic nitrogens is 1. The normalized spacial score (nSPS) is 10.4. The minimum absolute atomic E-state index is 0.212. The molecule has 7 heteroatoms. The van der Waals surface area contributed by atoms with Crippen LogP contribution in [0, 0.1) is 6.92 Å². The minimum Gasteiger partial charge on any atom is -0.480 e. The zero-order chi connectivity index (χ0) is 19.2. The number of rotatable bonds is 7. The molecule has 0 saturated carbocycles. The van der Waals surface area contributed by atoms with Gasteiger partial charge in [0.15, 0.2) is 5.13 Å². The van der Waals surface area contributed by atoms with Gasteiger partial charge in [0, 0.05) is 17.6 Å². The topological polar surface area (TPSA) is 82.5 Å². The predicted molar refractivity (Wildman–Crippen MR) is 105 cm³/mol. The van der Waals surface area contributed by atoms with Crippen LogP contribution in [-0.4, -0.2) is 33.4 Å². The summed E-state index contributed by atoms with van der Waals surface area (Å²) in [5.74, 6) is -1.47. The highest BCUT2D eigenvalue weighted by molar-refractivity contribution is 7.14. The third-order valence-corrected chi connectivity index (χ3v) is 4.58. The molecule has 0 aliphatic heterocycles. The van der Waals surface area contributed by atoms with Crippen molar-refractivity contribution in [3.8, 4) is 0 Å². The molecule has 2 N–H and O–H groups in total. The molecule has 0 saturated heterocycles. The lowest BCUT2D eigenvalue weighted by Crippen LogP contribution is -2.35. The number of nitrogens with zero attached hydrogens (tertiary/aromatic N) is 2. The highest BCUT2D eigenvalue weighted by Gasteiger charge is 2.21. The number of hydrogen-bond donors (Lipinski definition) is 2. The van der Waals surface area contributed by atoms with E-state index in [-0.39, 0.29) is 18.8 Å². The molecule has 3 aromatic rings. The van der Waals surface area contributed by atoms with Crippen LogP contribution in [0.15, 0.2) is 60.0 Å². The maximum absolute atomic E-state index is 12.8. The Kier molecular flexibility index (Phi) is 5.83. The summed E-state index contributed by atoms with van der Waals surface area (Å²) in [6.07, 6.45) is 0. The second kappa shape index (κ2) is 8.46. The summed E-state index contributed by atoms with van der Waals surface area (Å²) >= 11 is 1.30. The number of aliphatic carboxylic acids is 1. The molecule has 3 rings (SSSR count). The number of carboxylic acid groups (broad SMARTS) is 1. The molecule has 0 aliphatic carbocycles. The van der Waals surface area contributed by atoms with Gasteiger partial charge >= 0.3 is 5.97 Å². The van der Waals surface area contributed by atoms with Gasteiger partial charge in [-0.25, -0.2) is 4.98 Å². The van der Waals surface area contributed by atoms with Gasteiger partial charge in [-0.2, -0.15) is 0 Å². The molecule has 6 nitrogen and oxygen atoms in total. The van der Waals surface area contributed by atoms with Crippen molar-refractivity contribution in [1.29, 1.82) is 0 Å². The van der Waals surface area contributed by atoms with E-state index in [0.717, 1.165) is 16.8 Å². The van der Waals surface area contributed by atoms with Gasteiger partial charge in [-0.15, -0.1) is 11.3 Å². The zero-order valence-corrected chi connectivity index (χ0v) is 15.6. The van der Waals surface area contributed by atoms with Crippen LogP contribution in [0.25, 0.3) is 0 Å². The summed E-state index contributed by atoms with van der Waals surface area (Å²) in [5.41, 5.74) is 3.09. The van der Waals surface area contributed by atoms with Crippen molar-refractivity contribution in [2.24, 2.45) is 0 Å². The van der Waals surface area contributed by atoms with Crippen molar-refractivity contribution in [2.75, 3.05) is 11.9 Å². The number of hydrogen-bond acceptors (Lipinski definition) is 5. The van der Waals surface area contributed by atoms with Crippen LogP contribution in [0.3, 0.4) is 0 Å². The molecular weight excluding hydrogens is 362 g/mol. The van der Waals surface area contributed by atoms with E-state index in [1.165, 1.54) is 16.2 Å². The summed E-state index contributed by atoms with van der Waals surface area (Å²) < 4.78 is 0. The summed E-state index contributed by atoms with van der Waals surface area (Å²) in [7, 11) is 0. The Hall–Kier alpha value is -3.19. The van der Waals surface area contributed by atoms with Crippen molar-refractivity contribution >= 4 is 34.0 Å². The number of benzene rings is 2. The van der Waals surface area contributed by atoms with E-state index < -0.39 is 11.9 Å². The average molecular weight is 381 g/mol. The van der Waals surface area contributed by atoms with E-state index in [4.69, 9.17) is 5.11 Å². The van der Waals surface area contributed by atoms with Crippen molar-refractivity contribution in [3.05, 3.63) is 76.8 Å². The van der Waals surface area contributed by atoms with Gasteiger partial charge in [0.25, 0.3) is 5.91 Å². The quantitative estimate of drug-likeness (QED) is 0.648. The first-order chi connectivity index (χ1) is 13.0. The number of carbonyl (C=O) groups excluding carboxylic acids is 1. The van der Waals surface area contributed by atoms with Gasteiger partial charge in [0.05, 0.1) is 0 Å². The Bertz CT molecular complexity index is 940. The highest BCUT2D eigenvalue weighted by Crippen LogP contribution is 2.22. The molecule has 1 amide bonds. The molecule has 2 aromatic carbocycles. The minimum atomic E-state index is -1.06. The summed E-state index contributed by atoms with van der Waals surface area (Å²) in [4.78, 5) is 29.6. The number of anilines is 2. The second-order valence-electron chi connectivity index (χ2n) is 6.07. The predicted octanol–water partition coefficient (Wildman–Crippen LogP) is 3.92. The standard InChI is InChI=1S/C20H19N3O3S/c1-14-6-5-9-16(10-14)21-20-22-17(13-27-20)19(26)23(12-18(24)25)11-15-7-3-2-4-8-15/h2-10,13H,11-12H2,1H3,(H,21,22)(H,24,25). The number of thiazole rings is 1. The van der Waals surface area contributed by atoms with Crippen LogP contribution in [0.1, 0.15) is 21.6 Å². The lowest BCUT2D eigenvalue weighted by Gasteiger charge is -2.19. The van der Waals surface area contributed by atoms with E-state index >= 15 is 0 Å². The lowest BCUT2D eigenvalue weighted by molar-refractivity contribution is -0.137. The fourth-order valence-corrected chi connectivity index (χ4v) is 3.31. The Morgan fingerprint density at radius 3 is 2.63 bits per heavy atom. The zero-order valence-electron chi connectivity index (χ0n) is 14.8. The van der Waals surface area contributed by atoms with Gasteiger partial charge in [0.1, 0.15) is 12.2 Å². The van der Waals surface area contributed by atoms with E-state index in [9.17, 15) is 9.59 Å². The highest BCUT2D eigenvalue weighted by atomic mass is 32.1. The fourth-order valence-electron chi connectivity index (χ4n) is 2.60. The van der Waals surface area contributed by atoms with Gasteiger partial charge in [-0.3, -0.25) is 9.59 Å². The van der Waals surface area contributed by atoms with Gasteiger partial charge < -0.3 is 15.3 Å². The van der Waals surface area contributed by atoms with Gasteiger partial charge in [-0.05, 0) is 30.2 Å². The number of aryl methyl sites for hydroxylation is 1. The SMILES string of the molecule is Cc1cccc(Nc2nc(C(=O)N(CC(=O)O)Cc3ccccc3)cs2)c1. The van der Waals surface area contributed by atoms with Crippen LogP contribution in [-0.2, 0) is 11.3 Å². The molecule has 0 fully saturated rings. The molecule has 138 valence electrons. The molecule has 0 atom stereocenters. The van der Waals surface area contributed by atoms with Crippen LogP contribution in [0.4, 0.5) is 10.8 Å². The van der Waals surface area contributed by atoms with Crippen molar-refractivity contribution in [3.63, 3.8) is 0 Å². The van der Waals surface area contributed by atoms with Crippen LogP contribution >= 0.6 is 11.3 Å². The maximum Gasteiger partial charge on any atom is 0.323 e. The Labute approximate surface area is 161 Å². The average Bonchev–Trinajstić information content (AvgIpc) is 3.09. The number of amides is 1. The van der Waals surface area contributed by atoms with Crippen molar-refractivity contribution in [2.45, 2.75) is 13.5 Å². The molecule has 0 bridgehead atoms. The first kappa shape index (κ1) is 18.6. The van der Waals surface area contributed by atoms with Crippen LogP contribution < -0.4 is 5.32 Å². The van der Waals surface area contributed by atoms with Crippen molar-refractivity contribution < 1.29 is 14.7 Å². The Balaban J connectivity index is 1.75. The van der Waals surface area contributed by atoms with Crippen LogP contribution in [0.5, 0.6) is 0 Å². The molecule has 1 heterocycles. The molecular formula is C20H19N3O3S. The number of carbonyl (C=O) groups is 2. The molecule has 0 spiro atoms. The third kappa shape index (κ3) is 5.15.